The fraction of sp³-hybridized carbons (Fsp3) is 0.361. The molecule has 0 radical (unpaired) electrons. The van der Waals surface area contributed by atoms with Crippen LogP contribution in [0.15, 0.2) is 81.6 Å². The standard InChI is InChI=1S/C36H42BrN5O3S/c1-8-17-46-35-40-34-38-23(4)30(33(43)39-27-12-10-11-22(3)18-27)31(42(34)41-35)25-19-28(37)32(29(20-25)44-9-2)45-21-24-13-15-26(16-14-24)36(5,6)7/h10-16,18-20,31H,8-9,17,21H2,1-7H3,(H,39,43)(H,38,40,41). The monoisotopic (exact) mass is 703 g/mol. The van der Waals surface area contributed by atoms with Gasteiger partial charge in [0.1, 0.15) is 12.6 Å². The second kappa shape index (κ2) is 14.3. The molecule has 2 heterocycles. The zero-order chi connectivity index (χ0) is 33.0. The Labute approximate surface area is 284 Å². The van der Waals surface area contributed by atoms with Crippen LogP contribution in [0.25, 0.3) is 0 Å². The molecule has 0 bridgehead atoms. The number of carbonyl (C=O) groups is 1. The van der Waals surface area contributed by atoms with Gasteiger partial charge in [-0.2, -0.15) is 4.98 Å². The van der Waals surface area contributed by atoms with Crippen molar-refractivity contribution in [1.82, 2.24) is 14.8 Å². The lowest BCUT2D eigenvalue weighted by Crippen LogP contribution is -2.31. The Morgan fingerprint density at radius 2 is 1.83 bits per heavy atom. The number of fused-ring (bicyclic) bond motifs is 1. The third-order valence-electron chi connectivity index (χ3n) is 7.64. The van der Waals surface area contributed by atoms with Gasteiger partial charge in [0.2, 0.25) is 11.1 Å². The number of allylic oxidation sites excluding steroid dienone is 1. The van der Waals surface area contributed by atoms with E-state index in [9.17, 15) is 4.79 Å². The van der Waals surface area contributed by atoms with Crippen LogP contribution in [-0.4, -0.2) is 33.0 Å². The number of aromatic nitrogens is 3. The molecule has 0 fully saturated rings. The highest BCUT2D eigenvalue weighted by Gasteiger charge is 2.35. The minimum Gasteiger partial charge on any atom is -0.490 e. The zero-order valence-corrected chi connectivity index (χ0v) is 29.9. The molecule has 3 aromatic carbocycles. The largest absolute Gasteiger partial charge is 0.490 e. The summed E-state index contributed by atoms with van der Waals surface area (Å²) in [5.74, 6) is 2.43. The first kappa shape index (κ1) is 33.6. The van der Waals surface area contributed by atoms with Crippen LogP contribution < -0.4 is 20.1 Å². The maximum absolute atomic E-state index is 14.0. The summed E-state index contributed by atoms with van der Waals surface area (Å²) in [6.45, 7) is 15.4. The fourth-order valence-electron chi connectivity index (χ4n) is 5.31. The molecule has 1 amide bonds. The molecule has 46 heavy (non-hydrogen) atoms. The van der Waals surface area contributed by atoms with Gasteiger partial charge in [0.25, 0.3) is 5.91 Å². The molecule has 1 aliphatic rings. The number of nitrogens with zero attached hydrogens (tertiary/aromatic N) is 3. The third-order valence-corrected chi connectivity index (χ3v) is 9.27. The van der Waals surface area contributed by atoms with Crippen LogP contribution in [0.3, 0.4) is 0 Å². The van der Waals surface area contributed by atoms with Crippen LogP contribution in [-0.2, 0) is 16.8 Å². The van der Waals surface area contributed by atoms with Crippen molar-refractivity contribution in [2.75, 3.05) is 23.0 Å². The van der Waals surface area contributed by atoms with E-state index in [0.29, 0.717) is 47.1 Å². The third kappa shape index (κ3) is 7.61. The summed E-state index contributed by atoms with van der Waals surface area (Å²) in [4.78, 5) is 18.8. The maximum atomic E-state index is 14.0. The number of carbonyl (C=O) groups excluding carboxylic acids is 1. The number of benzene rings is 3. The molecule has 2 N–H and O–H groups in total. The SMILES string of the molecule is CCCSc1nc2n(n1)C(c1cc(Br)c(OCc3ccc(C(C)(C)C)cc3)c(OCC)c1)C(C(=O)Nc1cccc(C)c1)=C(C)N2. The minimum atomic E-state index is -0.570. The number of hydrogen-bond acceptors (Lipinski definition) is 7. The van der Waals surface area contributed by atoms with E-state index in [-0.39, 0.29) is 11.3 Å². The smallest absolute Gasteiger partial charge is 0.255 e. The first-order chi connectivity index (χ1) is 22.0. The van der Waals surface area contributed by atoms with Gasteiger partial charge in [-0.1, -0.05) is 75.9 Å². The van der Waals surface area contributed by atoms with Crippen molar-refractivity contribution in [3.63, 3.8) is 0 Å². The van der Waals surface area contributed by atoms with Crippen molar-refractivity contribution in [3.8, 4) is 11.5 Å². The molecule has 0 aliphatic carbocycles. The van der Waals surface area contributed by atoms with Gasteiger partial charge >= 0.3 is 0 Å². The fourth-order valence-corrected chi connectivity index (χ4v) is 6.57. The molecule has 4 aromatic rings. The van der Waals surface area contributed by atoms with Crippen LogP contribution >= 0.6 is 27.7 Å². The van der Waals surface area contributed by atoms with Crippen molar-refractivity contribution in [3.05, 3.63) is 98.7 Å². The molecule has 1 unspecified atom stereocenters. The average molecular weight is 705 g/mol. The number of aryl methyl sites for hydroxylation is 1. The van der Waals surface area contributed by atoms with Crippen LogP contribution in [0.4, 0.5) is 11.6 Å². The highest BCUT2D eigenvalue weighted by atomic mass is 79.9. The quantitative estimate of drug-likeness (QED) is 0.151. The minimum absolute atomic E-state index is 0.0804. The van der Waals surface area contributed by atoms with Gasteiger partial charge in [0, 0.05) is 17.1 Å². The van der Waals surface area contributed by atoms with Gasteiger partial charge in [-0.15, -0.1) is 5.10 Å². The van der Waals surface area contributed by atoms with Gasteiger partial charge in [0.05, 0.1) is 16.7 Å². The molecule has 0 saturated heterocycles. The lowest BCUT2D eigenvalue weighted by atomic mass is 9.87. The van der Waals surface area contributed by atoms with E-state index < -0.39 is 6.04 Å². The molecular formula is C36H42BrN5O3S. The predicted octanol–water partition coefficient (Wildman–Crippen LogP) is 9.05. The Hall–Kier alpha value is -3.76. The highest BCUT2D eigenvalue weighted by Crippen LogP contribution is 2.44. The Balaban J connectivity index is 1.53. The van der Waals surface area contributed by atoms with Crippen molar-refractivity contribution >= 4 is 45.2 Å². The second-order valence-electron chi connectivity index (χ2n) is 12.4. The molecule has 0 spiro atoms. The van der Waals surface area contributed by atoms with Crippen LogP contribution in [0, 0.1) is 6.92 Å². The number of ether oxygens (including phenoxy) is 2. The van der Waals surface area contributed by atoms with Gasteiger partial charge in [0.15, 0.2) is 11.5 Å². The van der Waals surface area contributed by atoms with E-state index in [2.05, 4.69) is 78.5 Å². The van der Waals surface area contributed by atoms with E-state index in [4.69, 9.17) is 19.6 Å². The molecule has 8 nitrogen and oxygen atoms in total. The van der Waals surface area contributed by atoms with Gasteiger partial charge in [-0.25, -0.2) is 4.68 Å². The highest BCUT2D eigenvalue weighted by molar-refractivity contribution is 9.10. The summed E-state index contributed by atoms with van der Waals surface area (Å²) in [7, 11) is 0. The Bertz CT molecular complexity index is 1740. The van der Waals surface area contributed by atoms with E-state index in [1.54, 1.807) is 16.4 Å². The van der Waals surface area contributed by atoms with E-state index in [1.165, 1.54) is 5.56 Å². The van der Waals surface area contributed by atoms with Crippen molar-refractivity contribution in [1.29, 1.82) is 0 Å². The molecule has 1 aromatic heterocycles. The van der Waals surface area contributed by atoms with E-state index in [0.717, 1.165) is 39.0 Å². The van der Waals surface area contributed by atoms with Crippen molar-refractivity contribution in [2.24, 2.45) is 0 Å². The Morgan fingerprint density at radius 1 is 1.07 bits per heavy atom. The summed E-state index contributed by atoms with van der Waals surface area (Å²) in [6.07, 6.45) is 1.000. The summed E-state index contributed by atoms with van der Waals surface area (Å²) in [6, 6.07) is 19.6. The predicted molar refractivity (Wildman–Crippen MR) is 190 cm³/mol. The lowest BCUT2D eigenvalue weighted by Gasteiger charge is -2.29. The summed E-state index contributed by atoms with van der Waals surface area (Å²) >= 11 is 5.37. The Morgan fingerprint density at radius 3 is 2.50 bits per heavy atom. The number of rotatable bonds is 11. The Kier molecular flexibility index (Phi) is 10.5. The van der Waals surface area contributed by atoms with E-state index in [1.807, 2.05) is 57.2 Å². The first-order valence-corrected chi connectivity index (χ1v) is 17.4. The molecule has 10 heteroatoms. The normalized spacial score (nSPS) is 14.5. The first-order valence-electron chi connectivity index (χ1n) is 15.6. The number of hydrogen-bond donors (Lipinski definition) is 2. The maximum Gasteiger partial charge on any atom is 0.255 e. The van der Waals surface area contributed by atoms with Gasteiger partial charge in [-0.05, 0) is 95.1 Å². The van der Waals surface area contributed by atoms with E-state index >= 15 is 0 Å². The average Bonchev–Trinajstić information content (AvgIpc) is 3.41. The molecule has 242 valence electrons. The summed E-state index contributed by atoms with van der Waals surface area (Å²) in [5.41, 5.74) is 6.24. The molecule has 1 aliphatic heterocycles. The number of amides is 1. The molecule has 1 atom stereocenters. The van der Waals surface area contributed by atoms with Crippen molar-refractivity contribution in [2.45, 2.75) is 78.1 Å². The second-order valence-corrected chi connectivity index (χ2v) is 14.3. The van der Waals surface area contributed by atoms with Crippen LogP contribution in [0.2, 0.25) is 0 Å². The van der Waals surface area contributed by atoms with Crippen LogP contribution in [0.5, 0.6) is 11.5 Å². The summed E-state index contributed by atoms with van der Waals surface area (Å²) < 4.78 is 15.0. The summed E-state index contributed by atoms with van der Waals surface area (Å²) in [5, 5.41) is 12.0. The number of thioether (sulfide) groups is 1. The number of anilines is 2. The molecule has 0 saturated carbocycles. The molecular weight excluding hydrogens is 662 g/mol. The number of halogens is 1. The van der Waals surface area contributed by atoms with Crippen molar-refractivity contribution < 1.29 is 14.3 Å². The topological polar surface area (TPSA) is 90.3 Å². The number of nitrogens with one attached hydrogen (secondary N) is 2. The van der Waals surface area contributed by atoms with Gasteiger partial charge in [-0.3, -0.25) is 4.79 Å². The lowest BCUT2D eigenvalue weighted by molar-refractivity contribution is -0.113. The van der Waals surface area contributed by atoms with Gasteiger partial charge < -0.3 is 20.1 Å². The zero-order valence-electron chi connectivity index (χ0n) is 27.5. The van der Waals surface area contributed by atoms with Crippen LogP contribution in [0.1, 0.15) is 76.3 Å². The molecule has 5 rings (SSSR count).